The van der Waals surface area contributed by atoms with E-state index in [4.69, 9.17) is 4.74 Å². The number of nitrogens with one attached hydrogen (secondary N) is 2. The van der Waals surface area contributed by atoms with Crippen LogP contribution in [0.25, 0.3) is 0 Å². The van der Waals surface area contributed by atoms with Crippen LogP contribution >= 0.6 is 0 Å². The Morgan fingerprint density at radius 1 is 1.58 bits per heavy atom. The van der Waals surface area contributed by atoms with E-state index in [0.29, 0.717) is 23.9 Å². The highest BCUT2D eigenvalue weighted by atomic mass is 19.1. The zero-order valence-electron chi connectivity index (χ0n) is 11.0. The smallest absolute Gasteiger partial charge is 0.224 e. The van der Waals surface area contributed by atoms with Gasteiger partial charge in [-0.15, -0.1) is 0 Å². The molecule has 2 N–H and O–H groups in total. The molecule has 1 aliphatic heterocycles. The summed E-state index contributed by atoms with van der Waals surface area (Å²) in [5, 5.41) is 6.11. The average Bonchev–Trinajstić information content (AvgIpc) is 2.91. The third kappa shape index (κ3) is 3.92. The summed E-state index contributed by atoms with van der Waals surface area (Å²) in [4.78, 5) is 11.8. The lowest BCUT2D eigenvalue weighted by molar-refractivity contribution is -0.116. The summed E-state index contributed by atoms with van der Waals surface area (Å²) in [5.41, 5.74) is 0.508. The molecule has 0 bridgehead atoms. The number of carbonyl (C=O) groups is 1. The van der Waals surface area contributed by atoms with Gasteiger partial charge in [0.25, 0.3) is 0 Å². The highest BCUT2D eigenvalue weighted by Gasteiger charge is 2.16. The van der Waals surface area contributed by atoms with E-state index in [1.54, 1.807) is 0 Å². The number of ether oxygens (including phenoxy) is 1. The lowest BCUT2D eigenvalue weighted by Gasteiger charge is -2.12. The van der Waals surface area contributed by atoms with Crippen LogP contribution in [0.2, 0.25) is 0 Å². The first-order valence-electron chi connectivity index (χ1n) is 6.56. The number of halogens is 1. The third-order valence-electron chi connectivity index (χ3n) is 3.32. The molecule has 1 atom stereocenters. The molecule has 0 aliphatic carbocycles. The summed E-state index contributed by atoms with van der Waals surface area (Å²) >= 11 is 0. The van der Waals surface area contributed by atoms with E-state index in [2.05, 4.69) is 10.6 Å². The molecule has 1 heterocycles. The first-order chi connectivity index (χ1) is 9.19. The molecule has 1 aliphatic rings. The van der Waals surface area contributed by atoms with Gasteiger partial charge < -0.3 is 15.4 Å². The number of amides is 1. The van der Waals surface area contributed by atoms with Crippen LogP contribution in [-0.4, -0.2) is 25.6 Å². The highest BCUT2D eigenvalue weighted by molar-refractivity contribution is 5.92. The molecule has 2 rings (SSSR count). The Morgan fingerprint density at radius 2 is 2.42 bits per heavy atom. The topological polar surface area (TPSA) is 50.4 Å². The van der Waals surface area contributed by atoms with Crippen molar-refractivity contribution in [3.05, 3.63) is 24.0 Å². The van der Waals surface area contributed by atoms with Crippen LogP contribution in [-0.2, 0) is 4.79 Å². The maximum Gasteiger partial charge on any atom is 0.224 e. The highest BCUT2D eigenvalue weighted by Crippen LogP contribution is 2.25. The third-order valence-corrected chi connectivity index (χ3v) is 3.32. The summed E-state index contributed by atoms with van der Waals surface area (Å²) in [6.45, 7) is 1.04. The molecule has 1 unspecified atom stereocenters. The van der Waals surface area contributed by atoms with Gasteiger partial charge in [0, 0.05) is 18.5 Å². The molecule has 1 fully saturated rings. The van der Waals surface area contributed by atoms with Gasteiger partial charge >= 0.3 is 0 Å². The maximum atomic E-state index is 13.0. The molecule has 1 saturated heterocycles. The normalized spacial score (nSPS) is 18.3. The van der Waals surface area contributed by atoms with Crippen LogP contribution in [0.4, 0.5) is 10.1 Å². The minimum Gasteiger partial charge on any atom is -0.494 e. The van der Waals surface area contributed by atoms with Crippen molar-refractivity contribution in [2.75, 3.05) is 19.0 Å². The first-order valence-corrected chi connectivity index (χ1v) is 6.56. The van der Waals surface area contributed by atoms with Crippen LogP contribution in [0.1, 0.15) is 25.7 Å². The van der Waals surface area contributed by atoms with Crippen LogP contribution < -0.4 is 15.4 Å². The molecule has 4 nitrogen and oxygen atoms in total. The van der Waals surface area contributed by atoms with Gasteiger partial charge in [0.05, 0.1) is 12.8 Å². The van der Waals surface area contributed by atoms with Crippen molar-refractivity contribution in [1.29, 1.82) is 0 Å². The molecular formula is C14H19FN2O2. The molecular weight excluding hydrogens is 247 g/mol. The number of benzene rings is 1. The van der Waals surface area contributed by atoms with Gasteiger partial charge in [-0.1, -0.05) is 0 Å². The fraction of sp³-hybridized carbons (Fsp3) is 0.500. The van der Waals surface area contributed by atoms with Gasteiger partial charge in [0.2, 0.25) is 5.91 Å². The number of hydrogen-bond donors (Lipinski definition) is 2. The van der Waals surface area contributed by atoms with Crippen LogP contribution in [0.3, 0.4) is 0 Å². The lowest BCUT2D eigenvalue weighted by atomic mass is 10.1. The second-order valence-electron chi connectivity index (χ2n) is 4.72. The van der Waals surface area contributed by atoms with E-state index in [9.17, 15) is 9.18 Å². The molecule has 0 saturated carbocycles. The minimum absolute atomic E-state index is 0.0707. The SMILES string of the molecule is COc1cc(F)ccc1NC(=O)CCC1CCCN1. The van der Waals surface area contributed by atoms with Gasteiger partial charge in [-0.05, 0) is 37.9 Å². The Kier molecular flexibility index (Phi) is 4.74. The monoisotopic (exact) mass is 266 g/mol. The predicted octanol–water partition coefficient (Wildman–Crippen LogP) is 2.30. The molecule has 1 aromatic rings. The molecule has 0 spiro atoms. The number of hydrogen-bond acceptors (Lipinski definition) is 3. The minimum atomic E-state index is -0.384. The van der Waals surface area contributed by atoms with Gasteiger partial charge in [-0.3, -0.25) is 4.79 Å². The number of methoxy groups -OCH3 is 1. The van der Waals surface area contributed by atoms with Gasteiger partial charge in [-0.25, -0.2) is 4.39 Å². The van der Waals surface area contributed by atoms with Crippen LogP contribution in [0.5, 0.6) is 5.75 Å². The molecule has 104 valence electrons. The maximum absolute atomic E-state index is 13.0. The number of carbonyl (C=O) groups excluding carboxylic acids is 1. The van der Waals surface area contributed by atoms with E-state index in [1.807, 2.05) is 0 Å². The summed E-state index contributed by atoms with van der Waals surface area (Å²) < 4.78 is 18.1. The Labute approximate surface area is 112 Å². The van der Waals surface area contributed by atoms with Crippen molar-refractivity contribution >= 4 is 11.6 Å². The molecule has 5 heteroatoms. The fourth-order valence-corrected chi connectivity index (χ4v) is 2.29. The fourth-order valence-electron chi connectivity index (χ4n) is 2.29. The van der Waals surface area contributed by atoms with Crippen molar-refractivity contribution in [1.82, 2.24) is 5.32 Å². The molecule has 1 amide bonds. The molecule has 0 radical (unpaired) electrons. The Balaban J connectivity index is 1.87. The zero-order valence-corrected chi connectivity index (χ0v) is 11.0. The number of anilines is 1. The Hall–Kier alpha value is -1.62. The molecule has 19 heavy (non-hydrogen) atoms. The lowest BCUT2D eigenvalue weighted by Crippen LogP contribution is -2.23. The summed E-state index contributed by atoms with van der Waals surface area (Å²) in [6.07, 6.45) is 3.60. The largest absolute Gasteiger partial charge is 0.494 e. The van der Waals surface area contributed by atoms with Crippen molar-refractivity contribution in [3.8, 4) is 5.75 Å². The van der Waals surface area contributed by atoms with Crippen LogP contribution in [0, 0.1) is 5.82 Å². The first kappa shape index (κ1) is 13.8. The number of rotatable bonds is 5. The predicted molar refractivity (Wildman–Crippen MR) is 71.8 cm³/mol. The standard InChI is InChI=1S/C14H19FN2O2/c1-19-13-9-10(15)4-6-12(13)17-14(18)7-5-11-3-2-8-16-11/h4,6,9,11,16H,2-3,5,7-8H2,1H3,(H,17,18). The van der Waals surface area contributed by atoms with Gasteiger partial charge in [0.1, 0.15) is 11.6 Å². The van der Waals surface area contributed by atoms with Gasteiger partial charge in [-0.2, -0.15) is 0 Å². The average molecular weight is 266 g/mol. The Bertz CT molecular complexity index is 445. The Morgan fingerprint density at radius 3 is 3.11 bits per heavy atom. The van der Waals surface area contributed by atoms with Crippen molar-refractivity contribution in [2.45, 2.75) is 31.7 Å². The summed E-state index contributed by atoms with van der Waals surface area (Å²) in [6, 6.07) is 4.52. The van der Waals surface area contributed by atoms with Gasteiger partial charge in [0.15, 0.2) is 0 Å². The van der Waals surface area contributed by atoms with E-state index in [1.165, 1.54) is 31.7 Å². The second-order valence-corrected chi connectivity index (χ2v) is 4.72. The van der Waals surface area contributed by atoms with Crippen molar-refractivity contribution in [3.63, 3.8) is 0 Å². The molecule has 0 aromatic heterocycles. The molecule has 1 aromatic carbocycles. The quantitative estimate of drug-likeness (QED) is 0.860. The van der Waals surface area contributed by atoms with Crippen molar-refractivity contribution < 1.29 is 13.9 Å². The summed E-state index contributed by atoms with van der Waals surface area (Å²) in [7, 11) is 1.45. The van der Waals surface area contributed by atoms with Crippen molar-refractivity contribution in [2.24, 2.45) is 0 Å². The summed E-state index contributed by atoms with van der Waals surface area (Å²) in [5.74, 6) is -0.115. The zero-order chi connectivity index (χ0) is 13.7. The van der Waals surface area contributed by atoms with Crippen LogP contribution in [0.15, 0.2) is 18.2 Å². The van der Waals surface area contributed by atoms with E-state index >= 15 is 0 Å². The van der Waals surface area contributed by atoms with E-state index in [0.717, 1.165) is 19.4 Å². The second kappa shape index (κ2) is 6.52. The van der Waals surface area contributed by atoms with E-state index in [-0.39, 0.29) is 11.7 Å². The van der Waals surface area contributed by atoms with E-state index < -0.39 is 0 Å².